The van der Waals surface area contributed by atoms with Crippen molar-refractivity contribution in [3.8, 4) is 0 Å². The second-order valence-corrected chi connectivity index (χ2v) is 5.30. The van der Waals surface area contributed by atoms with Gasteiger partial charge in [0, 0.05) is 0 Å². The molecule has 3 rings (SSSR count). The number of benzene rings is 1. The number of hydrogen-bond acceptors (Lipinski definition) is 3. The minimum atomic E-state index is -0.539. The fraction of sp³-hybridized carbons (Fsp3) is 0.357. The molecule has 1 aliphatic carbocycles. The first-order valence-electron chi connectivity index (χ1n) is 6.79. The van der Waals surface area contributed by atoms with Crippen molar-refractivity contribution in [2.75, 3.05) is 0 Å². The second kappa shape index (κ2) is 5.16. The van der Waals surface area contributed by atoms with Gasteiger partial charge in [0.15, 0.2) is 0 Å². The average molecular weight is 290 g/mol. The lowest BCUT2D eigenvalue weighted by atomic mass is 9.80. The van der Waals surface area contributed by atoms with Crippen LogP contribution >= 0.6 is 0 Å². The molecule has 7 heteroatoms. The van der Waals surface area contributed by atoms with Gasteiger partial charge in [-0.3, -0.25) is 9.78 Å². The van der Waals surface area contributed by atoms with Crippen LogP contribution in [0.25, 0.3) is 0 Å². The average Bonchev–Trinajstić information content (AvgIpc) is 2.89. The van der Waals surface area contributed by atoms with E-state index < -0.39 is 11.6 Å². The summed E-state index contributed by atoms with van der Waals surface area (Å²) < 4.78 is 13.9. The molecular weight excluding hydrogens is 275 g/mol. The number of hydrogen-bond donors (Lipinski definition) is 3. The van der Waals surface area contributed by atoms with E-state index in [4.69, 9.17) is 0 Å². The third kappa shape index (κ3) is 2.46. The summed E-state index contributed by atoms with van der Waals surface area (Å²) in [6.45, 7) is 2.01. The number of aromatic amines is 2. The van der Waals surface area contributed by atoms with E-state index in [9.17, 15) is 14.0 Å². The zero-order valence-electron chi connectivity index (χ0n) is 11.4. The lowest BCUT2D eigenvalue weighted by Crippen LogP contribution is -2.36. The molecule has 1 aromatic carbocycles. The molecule has 0 aliphatic heterocycles. The zero-order chi connectivity index (χ0) is 15.0. The van der Waals surface area contributed by atoms with Gasteiger partial charge in [-0.25, -0.2) is 14.3 Å². The quantitative estimate of drug-likeness (QED) is 0.778. The van der Waals surface area contributed by atoms with Gasteiger partial charge in [0.05, 0.1) is 6.04 Å². The molecule has 110 valence electrons. The minimum Gasteiger partial charge on any atom is -0.342 e. The maximum absolute atomic E-state index is 13.9. The summed E-state index contributed by atoms with van der Waals surface area (Å²) in [4.78, 5) is 25.4. The van der Waals surface area contributed by atoms with E-state index in [2.05, 4.69) is 20.5 Å². The largest absolute Gasteiger partial charge is 0.342 e. The van der Waals surface area contributed by atoms with Gasteiger partial charge < -0.3 is 5.32 Å². The number of amides is 1. The summed E-state index contributed by atoms with van der Waals surface area (Å²) in [5, 5.41) is 8.57. The summed E-state index contributed by atoms with van der Waals surface area (Å²) in [6, 6.07) is 4.60. The Hall–Kier alpha value is -2.44. The van der Waals surface area contributed by atoms with Crippen LogP contribution in [0.15, 0.2) is 23.0 Å². The molecule has 6 nitrogen and oxygen atoms in total. The van der Waals surface area contributed by atoms with E-state index in [0.29, 0.717) is 12.0 Å². The van der Waals surface area contributed by atoms with E-state index >= 15 is 0 Å². The molecule has 0 unspecified atom stereocenters. The highest BCUT2D eigenvalue weighted by molar-refractivity contribution is 5.90. The highest BCUT2D eigenvalue weighted by atomic mass is 19.1. The number of nitrogens with zero attached hydrogens (tertiary/aromatic N) is 1. The topological polar surface area (TPSA) is 90.6 Å². The molecule has 1 amide bonds. The number of nitrogens with one attached hydrogen (secondary N) is 3. The molecule has 2 aromatic rings. The van der Waals surface area contributed by atoms with Crippen LogP contribution in [0.3, 0.4) is 0 Å². The van der Waals surface area contributed by atoms with Crippen LogP contribution in [0, 0.1) is 11.7 Å². The number of carbonyl (C=O) groups excluding carboxylic acids is 1. The Morgan fingerprint density at radius 1 is 1.48 bits per heavy atom. The smallest absolute Gasteiger partial charge is 0.341 e. The molecule has 1 aliphatic rings. The number of carbonyl (C=O) groups is 1. The Morgan fingerprint density at radius 2 is 2.29 bits per heavy atom. The molecule has 2 atom stereocenters. The molecule has 1 heterocycles. The number of aromatic nitrogens is 3. The summed E-state index contributed by atoms with van der Waals surface area (Å²) in [6.07, 6.45) is 1.45. The van der Waals surface area contributed by atoms with Crippen molar-refractivity contribution < 1.29 is 9.18 Å². The van der Waals surface area contributed by atoms with Crippen molar-refractivity contribution in [2.45, 2.75) is 25.8 Å². The highest BCUT2D eigenvalue weighted by Crippen LogP contribution is 2.35. The van der Waals surface area contributed by atoms with Crippen LogP contribution in [-0.2, 0) is 6.42 Å². The van der Waals surface area contributed by atoms with Crippen molar-refractivity contribution in [1.29, 1.82) is 0 Å². The Kier molecular flexibility index (Phi) is 3.32. The molecule has 0 radical (unpaired) electrons. The van der Waals surface area contributed by atoms with Gasteiger partial charge in [-0.2, -0.15) is 0 Å². The summed E-state index contributed by atoms with van der Waals surface area (Å²) >= 11 is 0. The third-order valence-corrected chi connectivity index (χ3v) is 3.91. The van der Waals surface area contributed by atoms with Crippen molar-refractivity contribution in [3.63, 3.8) is 0 Å². The van der Waals surface area contributed by atoms with Crippen molar-refractivity contribution in [2.24, 2.45) is 5.92 Å². The van der Waals surface area contributed by atoms with Gasteiger partial charge in [0.2, 0.25) is 5.82 Å². The highest BCUT2D eigenvalue weighted by Gasteiger charge is 2.30. The first kappa shape index (κ1) is 13.5. The van der Waals surface area contributed by atoms with Crippen molar-refractivity contribution in [3.05, 3.63) is 51.5 Å². The molecule has 0 spiro atoms. The molecule has 3 N–H and O–H groups in total. The van der Waals surface area contributed by atoms with E-state index in [1.807, 2.05) is 13.0 Å². The first-order valence-corrected chi connectivity index (χ1v) is 6.79. The number of halogens is 1. The van der Waals surface area contributed by atoms with Crippen LogP contribution in [0.5, 0.6) is 0 Å². The molecule has 0 bridgehead atoms. The Morgan fingerprint density at radius 3 is 3.00 bits per heavy atom. The Bertz CT molecular complexity index is 737. The molecular formula is C14H15FN4O2. The number of rotatable bonds is 2. The van der Waals surface area contributed by atoms with Gasteiger partial charge in [-0.05, 0) is 36.0 Å². The normalized spacial score (nSPS) is 20.9. The van der Waals surface area contributed by atoms with Crippen molar-refractivity contribution >= 4 is 5.91 Å². The number of H-pyrrole nitrogens is 2. The summed E-state index contributed by atoms with van der Waals surface area (Å²) in [5.41, 5.74) is 0.902. The summed E-state index contributed by atoms with van der Waals surface area (Å²) in [5.74, 6) is -0.626. The first-order chi connectivity index (χ1) is 10.1. The van der Waals surface area contributed by atoms with Gasteiger partial charge in [0.25, 0.3) is 5.91 Å². The maximum atomic E-state index is 13.9. The SMILES string of the molecule is C[C@H]1CCc2c(F)cccc2[C@H]1NC(=O)c1n[nH]c(=O)[nH]1. The van der Waals surface area contributed by atoms with Gasteiger partial charge in [0.1, 0.15) is 5.82 Å². The fourth-order valence-corrected chi connectivity index (χ4v) is 2.78. The van der Waals surface area contributed by atoms with Crippen LogP contribution in [0.1, 0.15) is 41.1 Å². The van der Waals surface area contributed by atoms with Gasteiger partial charge in [-0.1, -0.05) is 19.1 Å². The molecule has 21 heavy (non-hydrogen) atoms. The lowest BCUT2D eigenvalue weighted by Gasteiger charge is -2.32. The van der Waals surface area contributed by atoms with Crippen LogP contribution in [0.2, 0.25) is 0 Å². The Balaban J connectivity index is 1.90. The fourth-order valence-electron chi connectivity index (χ4n) is 2.78. The standard InChI is InChI=1S/C14H15FN4O2/c1-7-5-6-8-9(3-2-4-10(8)15)11(7)16-13(20)12-17-14(21)19-18-12/h2-4,7,11H,5-6H2,1H3,(H,16,20)(H2,17,18,19,21)/t7-,11-/m0/s1. The molecule has 1 aromatic heterocycles. The van der Waals surface area contributed by atoms with E-state index in [1.165, 1.54) is 6.07 Å². The summed E-state index contributed by atoms with van der Waals surface area (Å²) in [7, 11) is 0. The molecule has 0 fully saturated rings. The second-order valence-electron chi connectivity index (χ2n) is 5.30. The van der Waals surface area contributed by atoms with Gasteiger partial charge >= 0.3 is 5.69 Å². The zero-order valence-corrected chi connectivity index (χ0v) is 11.4. The third-order valence-electron chi connectivity index (χ3n) is 3.91. The van der Waals surface area contributed by atoms with Crippen molar-refractivity contribution in [1.82, 2.24) is 20.5 Å². The van der Waals surface area contributed by atoms with Gasteiger partial charge in [-0.15, -0.1) is 5.10 Å². The molecule has 0 saturated carbocycles. The van der Waals surface area contributed by atoms with E-state index in [0.717, 1.165) is 12.0 Å². The predicted molar refractivity (Wildman–Crippen MR) is 73.3 cm³/mol. The Labute approximate surface area is 119 Å². The predicted octanol–water partition coefficient (Wildman–Crippen LogP) is 1.29. The lowest BCUT2D eigenvalue weighted by molar-refractivity contribution is 0.0908. The maximum Gasteiger partial charge on any atom is 0.341 e. The molecule has 0 saturated heterocycles. The number of fused-ring (bicyclic) bond motifs is 1. The van der Waals surface area contributed by atoms with Crippen LogP contribution < -0.4 is 11.0 Å². The van der Waals surface area contributed by atoms with Crippen LogP contribution in [0.4, 0.5) is 4.39 Å². The van der Waals surface area contributed by atoms with E-state index in [-0.39, 0.29) is 23.6 Å². The monoisotopic (exact) mass is 290 g/mol. The van der Waals surface area contributed by atoms with Crippen LogP contribution in [-0.4, -0.2) is 21.1 Å². The minimum absolute atomic E-state index is 0.0734. The van der Waals surface area contributed by atoms with E-state index in [1.54, 1.807) is 6.07 Å².